The number of hydrogen-bond donors (Lipinski definition) is 2. The van der Waals surface area contributed by atoms with Crippen molar-refractivity contribution in [2.75, 3.05) is 13.1 Å². The third-order valence-electron chi connectivity index (χ3n) is 3.04. The highest BCUT2D eigenvalue weighted by molar-refractivity contribution is 5.85. The van der Waals surface area contributed by atoms with Crippen molar-refractivity contribution >= 4 is 12.4 Å². The summed E-state index contributed by atoms with van der Waals surface area (Å²) in [5.74, 6) is 0.317. The number of nitrogens with one attached hydrogen (secondary N) is 1. The lowest BCUT2D eigenvalue weighted by molar-refractivity contribution is 0.118. The fraction of sp³-hybridized carbons (Fsp3) is 0.500. The van der Waals surface area contributed by atoms with Gasteiger partial charge in [0.25, 0.3) is 0 Å². The topological polar surface area (TPSA) is 32.3 Å². The average Bonchev–Trinajstić information content (AvgIpc) is 2.20. The number of β-amino-alcohol motifs (C(OH)–C–C–N with tert-alkyl or cyclic N) is 1. The number of aliphatic hydroxyl groups is 1. The lowest BCUT2D eigenvalue weighted by atomic mass is 9.85. The Morgan fingerprint density at radius 3 is 2.73 bits per heavy atom. The second kappa shape index (κ2) is 5.50. The van der Waals surface area contributed by atoms with Crippen LogP contribution in [0.4, 0.5) is 0 Å². The standard InChI is InChI=1S/C12H17NO.ClH/c1-9-4-2-3-5-10(9)11-6-7-13-8-12(11)14;/h2-5,11-14H,6-8H2,1H3;1H. The number of benzene rings is 1. The van der Waals surface area contributed by atoms with E-state index in [2.05, 4.69) is 30.4 Å². The van der Waals surface area contributed by atoms with Crippen LogP contribution in [-0.4, -0.2) is 24.3 Å². The maximum atomic E-state index is 9.88. The molecule has 0 saturated carbocycles. The summed E-state index contributed by atoms with van der Waals surface area (Å²) >= 11 is 0. The molecule has 0 amide bonds. The van der Waals surface area contributed by atoms with Crippen LogP contribution in [0, 0.1) is 6.92 Å². The fourth-order valence-corrected chi connectivity index (χ4v) is 2.21. The van der Waals surface area contributed by atoms with Crippen molar-refractivity contribution < 1.29 is 5.11 Å². The van der Waals surface area contributed by atoms with Gasteiger partial charge in [0.05, 0.1) is 6.10 Å². The van der Waals surface area contributed by atoms with Crippen molar-refractivity contribution in [3.8, 4) is 0 Å². The van der Waals surface area contributed by atoms with E-state index in [1.165, 1.54) is 11.1 Å². The first-order chi connectivity index (χ1) is 6.79. The van der Waals surface area contributed by atoms with E-state index in [1.807, 2.05) is 6.07 Å². The number of aryl methyl sites for hydroxylation is 1. The van der Waals surface area contributed by atoms with Crippen LogP contribution in [0.3, 0.4) is 0 Å². The Bertz CT molecular complexity index is 316. The second-order valence-corrected chi connectivity index (χ2v) is 4.02. The minimum atomic E-state index is -0.232. The smallest absolute Gasteiger partial charge is 0.0733 e. The monoisotopic (exact) mass is 227 g/mol. The van der Waals surface area contributed by atoms with Gasteiger partial charge in [-0.2, -0.15) is 0 Å². The Hall–Kier alpha value is -0.570. The molecule has 1 saturated heterocycles. The predicted octanol–water partition coefficient (Wildman–Crippen LogP) is 1.85. The molecule has 1 aromatic carbocycles. The summed E-state index contributed by atoms with van der Waals surface area (Å²) in [7, 11) is 0. The first-order valence-electron chi connectivity index (χ1n) is 5.23. The van der Waals surface area contributed by atoms with Crippen molar-refractivity contribution in [1.29, 1.82) is 0 Å². The van der Waals surface area contributed by atoms with Gasteiger partial charge in [-0.05, 0) is 31.0 Å². The van der Waals surface area contributed by atoms with E-state index in [-0.39, 0.29) is 18.5 Å². The SMILES string of the molecule is Cc1ccccc1C1CCNCC1O.Cl. The first-order valence-corrected chi connectivity index (χ1v) is 5.23. The molecule has 2 N–H and O–H groups in total. The third kappa shape index (κ3) is 2.71. The highest BCUT2D eigenvalue weighted by Gasteiger charge is 2.24. The van der Waals surface area contributed by atoms with Crippen LogP contribution in [0.15, 0.2) is 24.3 Å². The van der Waals surface area contributed by atoms with Gasteiger partial charge in [-0.3, -0.25) is 0 Å². The predicted molar refractivity (Wildman–Crippen MR) is 64.7 cm³/mol. The Morgan fingerprint density at radius 1 is 1.33 bits per heavy atom. The van der Waals surface area contributed by atoms with Gasteiger partial charge in [-0.1, -0.05) is 24.3 Å². The molecule has 0 aliphatic carbocycles. The maximum Gasteiger partial charge on any atom is 0.0733 e. The molecule has 0 spiro atoms. The molecule has 0 aromatic heterocycles. The van der Waals surface area contributed by atoms with Crippen LogP contribution in [0.5, 0.6) is 0 Å². The van der Waals surface area contributed by atoms with Crippen LogP contribution in [0.25, 0.3) is 0 Å². The Morgan fingerprint density at radius 2 is 2.07 bits per heavy atom. The van der Waals surface area contributed by atoms with Gasteiger partial charge in [0, 0.05) is 12.5 Å². The zero-order valence-electron chi connectivity index (χ0n) is 8.94. The van der Waals surface area contributed by atoms with E-state index in [9.17, 15) is 5.11 Å². The second-order valence-electron chi connectivity index (χ2n) is 4.02. The van der Waals surface area contributed by atoms with Gasteiger partial charge < -0.3 is 10.4 Å². The van der Waals surface area contributed by atoms with Gasteiger partial charge in [-0.25, -0.2) is 0 Å². The molecule has 0 bridgehead atoms. The van der Waals surface area contributed by atoms with E-state index >= 15 is 0 Å². The van der Waals surface area contributed by atoms with Gasteiger partial charge in [0.15, 0.2) is 0 Å². The van der Waals surface area contributed by atoms with Crippen molar-refractivity contribution in [3.05, 3.63) is 35.4 Å². The van der Waals surface area contributed by atoms with Crippen LogP contribution < -0.4 is 5.32 Å². The zero-order chi connectivity index (χ0) is 9.97. The van der Waals surface area contributed by atoms with Gasteiger partial charge in [-0.15, -0.1) is 12.4 Å². The summed E-state index contributed by atoms with van der Waals surface area (Å²) in [6, 6.07) is 8.35. The van der Waals surface area contributed by atoms with Crippen molar-refractivity contribution in [3.63, 3.8) is 0 Å². The summed E-state index contributed by atoms with van der Waals surface area (Å²) in [5.41, 5.74) is 2.60. The summed E-state index contributed by atoms with van der Waals surface area (Å²) in [4.78, 5) is 0. The summed E-state index contributed by atoms with van der Waals surface area (Å²) < 4.78 is 0. The zero-order valence-corrected chi connectivity index (χ0v) is 9.76. The Labute approximate surface area is 97.1 Å². The minimum Gasteiger partial charge on any atom is -0.391 e. The lowest BCUT2D eigenvalue weighted by Gasteiger charge is -2.29. The summed E-state index contributed by atoms with van der Waals surface area (Å²) in [5, 5.41) is 13.1. The first kappa shape index (κ1) is 12.5. The number of piperidine rings is 1. The van der Waals surface area contributed by atoms with Gasteiger partial charge in [0.1, 0.15) is 0 Å². The highest BCUT2D eigenvalue weighted by Crippen LogP contribution is 2.27. The van der Waals surface area contributed by atoms with E-state index in [4.69, 9.17) is 0 Å². The van der Waals surface area contributed by atoms with E-state index < -0.39 is 0 Å². The Kier molecular flexibility index (Phi) is 4.58. The highest BCUT2D eigenvalue weighted by atomic mass is 35.5. The molecule has 0 radical (unpaired) electrons. The van der Waals surface area contributed by atoms with Crippen LogP contribution in [0.2, 0.25) is 0 Å². The molecule has 1 aliphatic heterocycles. The Balaban J connectivity index is 0.00000112. The summed E-state index contributed by atoms with van der Waals surface area (Å²) in [6.45, 7) is 3.85. The molecule has 2 atom stereocenters. The van der Waals surface area contributed by atoms with E-state index in [0.717, 1.165) is 19.5 Å². The fourth-order valence-electron chi connectivity index (χ4n) is 2.21. The molecule has 1 fully saturated rings. The molecular formula is C12H18ClNO. The summed E-state index contributed by atoms with van der Waals surface area (Å²) in [6.07, 6.45) is 0.802. The number of aliphatic hydroxyl groups excluding tert-OH is 1. The van der Waals surface area contributed by atoms with E-state index in [1.54, 1.807) is 0 Å². The molecule has 1 aliphatic rings. The maximum absolute atomic E-state index is 9.88. The minimum absolute atomic E-state index is 0. The van der Waals surface area contributed by atoms with E-state index in [0.29, 0.717) is 5.92 Å². The normalized spacial score (nSPS) is 25.7. The van der Waals surface area contributed by atoms with Crippen molar-refractivity contribution in [1.82, 2.24) is 5.32 Å². The molecule has 2 rings (SSSR count). The third-order valence-corrected chi connectivity index (χ3v) is 3.04. The largest absolute Gasteiger partial charge is 0.391 e. The van der Waals surface area contributed by atoms with Crippen LogP contribution in [0.1, 0.15) is 23.5 Å². The molecule has 2 nitrogen and oxygen atoms in total. The molecule has 1 aromatic rings. The molecular weight excluding hydrogens is 210 g/mol. The number of halogens is 1. The lowest BCUT2D eigenvalue weighted by Crippen LogP contribution is -2.39. The average molecular weight is 228 g/mol. The van der Waals surface area contributed by atoms with Gasteiger partial charge in [0.2, 0.25) is 0 Å². The van der Waals surface area contributed by atoms with Gasteiger partial charge >= 0.3 is 0 Å². The van der Waals surface area contributed by atoms with Crippen molar-refractivity contribution in [2.45, 2.75) is 25.4 Å². The number of hydrogen-bond acceptors (Lipinski definition) is 2. The van der Waals surface area contributed by atoms with Crippen LogP contribution in [-0.2, 0) is 0 Å². The molecule has 15 heavy (non-hydrogen) atoms. The van der Waals surface area contributed by atoms with Crippen molar-refractivity contribution in [2.24, 2.45) is 0 Å². The molecule has 1 heterocycles. The molecule has 2 unspecified atom stereocenters. The van der Waals surface area contributed by atoms with Crippen LogP contribution >= 0.6 is 12.4 Å². The quantitative estimate of drug-likeness (QED) is 0.768. The number of rotatable bonds is 1. The molecule has 84 valence electrons. The molecule has 3 heteroatoms.